The molecule has 48 nitrogen and oxygen atoms in total. The average molecular weight is 1580 g/mol. The number of nitrogens with one attached hydrogen (secondary N) is 3. The van der Waals surface area contributed by atoms with Crippen molar-refractivity contribution >= 4 is 17.7 Å². The smallest absolute Gasteiger partial charge is 0.217 e. The Morgan fingerprint density at radius 1 is 0.259 bits per heavy atom. The predicted octanol–water partition coefficient (Wildman–Crippen LogP) is -19.2. The highest BCUT2D eigenvalue weighted by Crippen LogP contribution is 2.40. The lowest BCUT2D eigenvalue weighted by Crippen LogP contribution is -2.71. The first kappa shape index (κ1) is 88.7. The van der Waals surface area contributed by atoms with Crippen LogP contribution in [0.3, 0.4) is 0 Å². The Hall–Kier alpha value is -3.27. The minimum absolute atomic E-state index is 0.879. The van der Waals surface area contributed by atoms with Crippen LogP contribution in [-0.2, 0) is 94.9 Å². The third kappa shape index (κ3) is 19.1. The summed E-state index contributed by atoms with van der Waals surface area (Å²) in [6.07, 6.45) is -84.4. The van der Waals surface area contributed by atoms with Gasteiger partial charge in [-0.25, -0.2) is 0 Å². The lowest BCUT2D eigenvalue weighted by molar-refractivity contribution is -0.391. The molecular formula is C60H101N3O45. The van der Waals surface area contributed by atoms with Gasteiger partial charge in [-0.1, -0.05) is 0 Å². The molecule has 9 fully saturated rings. The van der Waals surface area contributed by atoms with Gasteiger partial charge >= 0.3 is 0 Å². The van der Waals surface area contributed by atoms with Crippen molar-refractivity contribution in [1.82, 2.24) is 16.0 Å². The van der Waals surface area contributed by atoms with Crippen LogP contribution in [-0.4, -0.2) is 474 Å². The molecule has 9 aliphatic heterocycles. The van der Waals surface area contributed by atoms with Crippen LogP contribution in [0, 0.1) is 0 Å². The summed E-state index contributed by atoms with van der Waals surface area (Å²) in [5.41, 5.74) is 0. The minimum Gasteiger partial charge on any atom is -0.394 e. The van der Waals surface area contributed by atoms with E-state index in [-0.39, 0.29) is 0 Å². The van der Waals surface area contributed by atoms with Crippen molar-refractivity contribution in [3.8, 4) is 0 Å². The van der Waals surface area contributed by atoms with Crippen molar-refractivity contribution in [2.45, 2.75) is 304 Å². The molecule has 3 amide bonds. The number of carbonyl (C=O) groups excluding carboxylic acids is 3. The maximum atomic E-state index is 13.2. The summed E-state index contributed by atoms with van der Waals surface area (Å²) in [7, 11) is 0. The number of aliphatic hydroxyl groups is 25. The number of rotatable bonds is 27. The average Bonchev–Trinajstić information content (AvgIpc) is 0.772. The van der Waals surface area contributed by atoms with Gasteiger partial charge in [0.15, 0.2) is 56.6 Å². The Morgan fingerprint density at radius 2 is 0.565 bits per heavy atom. The van der Waals surface area contributed by atoms with Gasteiger partial charge in [0.1, 0.15) is 213 Å². The Kier molecular flexibility index (Phi) is 31.6. The molecule has 9 aliphatic rings. The highest BCUT2D eigenvalue weighted by molar-refractivity contribution is 5.74. The summed E-state index contributed by atoms with van der Waals surface area (Å²) in [5.74, 6) is -2.79. The van der Waals surface area contributed by atoms with E-state index >= 15 is 0 Å². The van der Waals surface area contributed by atoms with Crippen LogP contribution in [0.4, 0.5) is 0 Å². The Balaban J connectivity index is 0.967. The first-order chi connectivity index (χ1) is 51.1. The van der Waals surface area contributed by atoms with E-state index in [4.69, 9.17) is 80.5 Å². The molecule has 0 spiro atoms. The van der Waals surface area contributed by atoms with Crippen LogP contribution in [0.5, 0.6) is 0 Å². The van der Waals surface area contributed by atoms with Crippen molar-refractivity contribution < 1.29 is 223 Å². The molecule has 0 saturated carbocycles. The largest absolute Gasteiger partial charge is 0.394 e. The second kappa shape index (κ2) is 38.5. The summed E-state index contributed by atoms with van der Waals surface area (Å²) in [6.45, 7) is -4.41. The molecule has 9 rings (SSSR count). The van der Waals surface area contributed by atoms with Gasteiger partial charge < -0.3 is 224 Å². The molecule has 28 N–H and O–H groups in total. The second-order valence-corrected chi connectivity index (χ2v) is 27.4. The monoisotopic (exact) mass is 1580 g/mol. The molecule has 0 radical (unpaired) electrons. The number of ether oxygens (including phenoxy) is 17. The second-order valence-electron chi connectivity index (χ2n) is 27.4. The Labute approximate surface area is 611 Å². The predicted molar refractivity (Wildman–Crippen MR) is 330 cm³/mol. The Bertz CT molecular complexity index is 2820. The number of carbonyl (C=O) groups is 3. The first-order valence-corrected chi connectivity index (χ1v) is 34.5. The van der Waals surface area contributed by atoms with E-state index in [2.05, 4.69) is 16.0 Å². The number of aliphatic hydroxyl groups excluding tert-OH is 25. The van der Waals surface area contributed by atoms with E-state index in [0.717, 1.165) is 20.8 Å². The first-order valence-electron chi connectivity index (χ1n) is 34.5. The maximum Gasteiger partial charge on any atom is 0.217 e. The minimum atomic E-state index is -2.42. The zero-order valence-corrected chi connectivity index (χ0v) is 58.0. The van der Waals surface area contributed by atoms with Crippen LogP contribution in [0.15, 0.2) is 0 Å². The molecule has 108 heavy (non-hydrogen) atoms. The van der Waals surface area contributed by atoms with E-state index in [1.54, 1.807) is 0 Å². The van der Waals surface area contributed by atoms with Crippen molar-refractivity contribution in [1.29, 1.82) is 0 Å². The van der Waals surface area contributed by atoms with E-state index in [9.17, 15) is 142 Å². The lowest BCUT2D eigenvalue weighted by Gasteiger charge is -2.51. The molecule has 1 unspecified atom stereocenters. The van der Waals surface area contributed by atoms with Crippen LogP contribution in [0.1, 0.15) is 27.7 Å². The van der Waals surface area contributed by atoms with Gasteiger partial charge in [0, 0.05) is 20.8 Å². The third-order valence-corrected chi connectivity index (χ3v) is 19.9. The summed E-state index contributed by atoms with van der Waals surface area (Å²) >= 11 is 0. The normalized spacial score (nSPS) is 50.4. The fraction of sp³-hybridized carbons (Fsp3) is 0.950. The molecule has 0 aliphatic carbocycles. The van der Waals surface area contributed by atoms with Crippen LogP contribution in [0.25, 0.3) is 0 Å². The number of hydrogen-bond donors (Lipinski definition) is 28. The standard InChI is InChI=1S/C60H101N3O45/c1-13-28(74)36(82)41(87)56(93-13)108-51-38(84)30(76)18(6-65)98-60(51)105-48-27(63-16(4)73)55(95-19(7-66)31(48)77)107-50-33(79)24(101-59(44(50)90)104-47-21(9-68)94-52(91)40(86)39(47)85)12-92-53-25(61-14(2)71)34(80)45(22(10-69)99-53)103-58-43(89)49(32(78)20(8-67)97-58)106-54-26(62-15(3)72)35(81)46(23(11-70)100-54)102-57-42(88)37(83)29(75)17(5-64)96-57/h13,17-60,64-70,74-91H,5-12H2,1-4H3,(H,61,71)(H,62,72)(H,63,73)/t13-,17+,18+,19+,20+,21+,22+,23+,24+,25+,26+,27+,28+,29-,30-,31+,32-,33-,34+,35+,36+,37-,38-,39+,40+,41-,42+,43+,44+,45+,46+,47+,48+,49-,50-,51+,52?,53+,54-,55-,56-,57-,58-,59-,60-/m0/s1. The highest BCUT2D eigenvalue weighted by Gasteiger charge is 2.61. The molecule has 0 aromatic heterocycles. The van der Waals surface area contributed by atoms with Crippen LogP contribution >= 0.6 is 0 Å². The summed E-state index contributed by atoms with van der Waals surface area (Å²) < 4.78 is 99.5. The van der Waals surface area contributed by atoms with E-state index in [1.165, 1.54) is 6.92 Å². The molecular weight excluding hydrogens is 1480 g/mol. The van der Waals surface area contributed by atoms with Gasteiger partial charge in [-0.2, -0.15) is 0 Å². The van der Waals surface area contributed by atoms with E-state index in [1.807, 2.05) is 0 Å². The summed E-state index contributed by atoms with van der Waals surface area (Å²) in [4.78, 5) is 38.9. The van der Waals surface area contributed by atoms with E-state index in [0.29, 0.717) is 0 Å². The SMILES string of the molecule is CC(=O)N[C@H]1[C@H](O[C@H]2[C@@H](O)[C@@H](CO)O[C@@H](O[C@H]3[C@H](O)[C@@H](NC(C)=O)[C@H](OC[C@H]4O[C@@H](O[C@H]5[C@H](O)[C@@H](O)C(O)O[C@@H]5CO)[C@H](O)[C@@H](O[C@@H]5O[C@H](CO)[C@@H](O)[C@H](O[C@@H]6O[C@H](CO)[C@H](O)[C@H](O)[C@H]6O[C@@H]6O[C@@H](C)[C@@H](O)[C@@H](O)[C@@H]6O)[C@H]5NC(C)=O)[C@H]4O)O[C@@H]3CO)[C@@H]2O)O[C@H](CO)[C@@H](O[C@@H]2O[C@H](CO)[C@H](O)[C@H](O)[C@H]2O)[C@@H]1O. The van der Waals surface area contributed by atoms with Crippen LogP contribution < -0.4 is 16.0 Å². The van der Waals surface area contributed by atoms with Gasteiger partial charge in [0.05, 0.1) is 59.0 Å². The zero-order valence-electron chi connectivity index (χ0n) is 58.0. The van der Waals surface area contributed by atoms with Crippen LogP contribution in [0.2, 0.25) is 0 Å². The van der Waals surface area contributed by atoms with Gasteiger partial charge in [-0.05, 0) is 6.92 Å². The van der Waals surface area contributed by atoms with Crippen molar-refractivity contribution in [2.24, 2.45) is 0 Å². The molecule has 0 bridgehead atoms. The quantitative estimate of drug-likeness (QED) is 0.0363. The lowest BCUT2D eigenvalue weighted by atomic mass is 9.94. The van der Waals surface area contributed by atoms with Gasteiger partial charge in [0.25, 0.3) is 0 Å². The number of hydrogen-bond acceptors (Lipinski definition) is 45. The van der Waals surface area contributed by atoms with Gasteiger partial charge in [-0.3, -0.25) is 14.4 Å². The van der Waals surface area contributed by atoms with Gasteiger partial charge in [-0.15, -0.1) is 0 Å². The Morgan fingerprint density at radius 3 is 1.05 bits per heavy atom. The third-order valence-electron chi connectivity index (χ3n) is 19.9. The van der Waals surface area contributed by atoms with Crippen molar-refractivity contribution in [3.05, 3.63) is 0 Å². The summed E-state index contributed by atoms with van der Waals surface area (Å²) in [6, 6.07) is -5.67. The molecule has 626 valence electrons. The molecule has 0 aromatic carbocycles. The van der Waals surface area contributed by atoms with Gasteiger partial charge in [0.2, 0.25) is 17.7 Å². The molecule has 48 heteroatoms. The molecule has 0 aromatic rings. The topological polar surface area (TPSA) is 750 Å². The highest BCUT2D eigenvalue weighted by atomic mass is 16.8. The van der Waals surface area contributed by atoms with E-state index < -0.39 is 347 Å². The molecule has 45 atom stereocenters. The fourth-order valence-electron chi connectivity index (χ4n) is 14.0. The molecule has 9 saturated heterocycles. The summed E-state index contributed by atoms with van der Waals surface area (Å²) in [5, 5.41) is 282. The van der Waals surface area contributed by atoms with Crippen molar-refractivity contribution in [2.75, 3.05) is 52.9 Å². The fourth-order valence-corrected chi connectivity index (χ4v) is 14.0. The number of amides is 3. The maximum absolute atomic E-state index is 13.2. The van der Waals surface area contributed by atoms with Crippen molar-refractivity contribution in [3.63, 3.8) is 0 Å². The zero-order chi connectivity index (χ0) is 79.5. The molecule has 9 heterocycles.